The van der Waals surface area contributed by atoms with E-state index in [1.165, 1.54) is 4.88 Å². The summed E-state index contributed by atoms with van der Waals surface area (Å²) in [6, 6.07) is 0. The van der Waals surface area contributed by atoms with Gasteiger partial charge in [-0.05, 0) is 19.8 Å². The molecule has 12 heavy (non-hydrogen) atoms. The summed E-state index contributed by atoms with van der Waals surface area (Å²) in [5.74, 6) is 0.675. The second kappa shape index (κ2) is 3.90. The number of nitrogens with zero attached hydrogens (tertiary/aromatic N) is 1. The molecule has 0 fully saturated rings. The SMILES string of the molecule is Cc1nc(NCC(C)C)sc1C. The van der Waals surface area contributed by atoms with E-state index in [4.69, 9.17) is 0 Å². The van der Waals surface area contributed by atoms with Gasteiger partial charge in [-0.15, -0.1) is 11.3 Å². The molecule has 0 aliphatic carbocycles. The number of aromatic nitrogens is 1. The fourth-order valence-corrected chi connectivity index (χ4v) is 1.66. The molecular weight excluding hydrogens is 168 g/mol. The number of rotatable bonds is 3. The molecule has 68 valence electrons. The highest BCUT2D eigenvalue weighted by Crippen LogP contribution is 2.20. The number of nitrogens with one attached hydrogen (secondary N) is 1. The first-order chi connectivity index (χ1) is 5.59. The van der Waals surface area contributed by atoms with Crippen molar-refractivity contribution < 1.29 is 0 Å². The lowest BCUT2D eigenvalue weighted by Gasteiger charge is -2.04. The highest BCUT2D eigenvalue weighted by atomic mass is 32.1. The van der Waals surface area contributed by atoms with Crippen LogP contribution < -0.4 is 5.32 Å². The van der Waals surface area contributed by atoms with E-state index in [0.29, 0.717) is 5.92 Å². The zero-order valence-corrected chi connectivity index (χ0v) is 8.96. The van der Waals surface area contributed by atoms with Crippen LogP contribution in [0.4, 0.5) is 5.13 Å². The molecule has 1 aromatic rings. The van der Waals surface area contributed by atoms with Gasteiger partial charge in [0.2, 0.25) is 0 Å². The zero-order chi connectivity index (χ0) is 9.14. The van der Waals surface area contributed by atoms with E-state index in [0.717, 1.165) is 17.4 Å². The van der Waals surface area contributed by atoms with Gasteiger partial charge in [-0.1, -0.05) is 13.8 Å². The summed E-state index contributed by atoms with van der Waals surface area (Å²) in [7, 11) is 0. The molecule has 0 saturated carbocycles. The Balaban J connectivity index is 2.53. The Kier molecular flexibility index (Phi) is 3.09. The molecule has 0 aliphatic rings. The Morgan fingerprint density at radius 3 is 2.50 bits per heavy atom. The summed E-state index contributed by atoms with van der Waals surface area (Å²) in [4.78, 5) is 5.70. The number of anilines is 1. The average molecular weight is 184 g/mol. The minimum absolute atomic E-state index is 0.675. The normalized spacial score (nSPS) is 10.8. The number of aryl methyl sites for hydroxylation is 2. The van der Waals surface area contributed by atoms with Crippen LogP contribution in [0.3, 0.4) is 0 Å². The molecule has 0 atom stereocenters. The van der Waals surface area contributed by atoms with Gasteiger partial charge < -0.3 is 5.32 Å². The van der Waals surface area contributed by atoms with Gasteiger partial charge >= 0.3 is 0 Å². The molecule has 1 aromatic heterocycles. The van der Waals surface area contributed by atoms with Crippen molar-refractivity contribution in [3.63, 3.8) is 0 Å². The lowest BCUT2D eigenvalue weighted by molar-refractivity contribution is 0.688. The summed E-state index contributed by atoms with van der Waals surface area (Å²) in [5.41, 5.74) is 1.14. The van der Waals surface area contributed by atoms with E-state index >= 15 is 0 Å². The summed E-state index contributed by atoms with van der Waals surface area (Å²) in [6.45, 7) is 9.55. The number of thiazole rings is 1. The molecule has 3 heteroatoms. The van der Waals surface area contributed by atoms with Gasteiger partial charge in [-0.2, -0.15) is 0 Å². The monoisotopic (exact) mass is 184 g/mol. The highest BCUT2D eigenvalue weighted by Gasteiger charge is 2.02. The van der Waals surface area contributed by atoms with Crippen molar-refractivity contribution in [2.45, 2.75) is 27.7 Å². The van der Waals surface area contributed by atoms with Crippen molar-refractivity contribution in [3.05, 3.63) is 10.6 Å². The van der Waals surface area contributed by atoms with E-state index in [-0.39, 0.29) is 0 Å². The molecule has 0 spiro atoms. The predicted molar refractivity (Wildman–Crippen MR) is 54.9 cm³/mol. The first-order valence-corrected chi connectivity index (χ1v) is 5.09. The summed E-state index contributed by atoms with van der Waals surface area (Å²) in [6.07, 6.45) is 0. The largest absolute Gasteiger partial charge is 0.361 e. The van der Waals surface area contributed by atoms with E-state index < -0.39 is 0 Å². The molecular formula is C9H16N2S. The predicted octanol–water partition coefficient (Wildman–Crippen LogP) is 2.83. The van der Waals surface area contributed by atoms with E-state index in [1.54, 1.807) is 11.3 Å². The second-order valence-corrected chi connectivity index (χ2v) is 4.64. The summed E-state index contributed by atoms with van der Waals surface area (Å²) < 4.78 is 0. The third-order valence-electron chi connectivity index (χ3n) is 1.69. The summed E-state index contributed by atoms with van der Waals surface area (Å²) >= 11 is 1.73. The molecule has 0 amide bonds. The van der Waals surface area contributed by atoms with Crippen molar-refractivity contribution in [2.75, 3.05) is 11.9 Å². The van der Waals surface area contributed by atoms with Crippen LogP contribution in [0.2, 0.25) is 0 Å². The minimum atomic E-state index is 0.675. The molecule has 0 radical (unpaired) electrons. The van der Waals surface area contributed by atoms with Gasteiger partial charge in [-0.25, -0.2) is 4.98 Å². The number of hydrogen-bond acceptors (Lipinski definition) is 3. The van der Waals surface area contributed by atoms with Gasteiger partial charge in [0.25, 0.3) is 0 Å². The van der Waals surface area contributed by atoms with Gasteiger partial charge in [0.1, 0.15) is 0 Å². The second-order valence-electron chi connectivity index (χ2n) is 3.44. The molecule has 1 heterocycles. The zero-order valence-electron chi connectivity index (χ0n) is 8.14. The molecule has 0 unspecified atom stereocenters. The van der Waals surface area contributed by atoms with Crippen LogP contribution in [0, 0.1) is 19.8 Å². The van der Waals surface area contributed by atoms with Crippen molar-refractivity contribution in [1.29, 1.82) is 0 Å². The highest BCUT2D eigenvalue weighted by molar-refractivity contribution is 7.15. The third-order valence-corrected chi connectivity index (χ3v) is 2.72. The Hall–Kier alpha value is -0.570. The maximum Gasteiger partial charge on any atom is 0.183 e. The van der Waals surface area contributed by atoms with Gasteiger partial charge in [-0.3, -0.25) is 0 Å². The van der Waals surface area contributed by atoms with Gasteiger partial charge in [0.15, 0.2) is 5.13 Å². The van der Waals surface area contributed by atoms with Crippen LogP contribution in [0.15, 0.2) is 0 Å². The molecule has 0 saturated heterocycles. The smallest absolute Gasteiger partial charge is 0.183 e. The van der Waals surface area contributed by atoms with Crippen LogP contribution in [-0.4, -0.2) is 11.5 Å². The first kappa shape index (κ1) is 9.52. The molecule has 0 bridgehead atoms. The Labute approximate surface area is 78.0 Å². The minimum Gasteiger partial charge on any atom is -0.361 e. The average Bonchev–Trinajstić information content (AvgIpc) is 2.28. The molecule has 0 aliphatic heterocycles. The van der Waals surface area contributed by atoms with Crippen molar-refractivity contribution in [2.24, 2.45) is 5.92 Å². The lowest BCUT2D eigenvalue weighted by atomic mass is 10.2. The molecule has 0 aromatic carbocycles. The fraction of sp³-hybridized carbons (Fsp3) is 0.667. The number of hydrogen-bond donors (Lipinski definition) is 1. The van der Waals surface area contributed by atoms with E-state index in [2.05, 4.69) is 31.1 Å². The molecule has 1 rings (SSSR count). The Morgan fingerprint density at radius 2 is 2.08 bits per heavy atom. The van der Waals surface area contributed by atoms with Crippen LogP contribution in [0.1, 0.15) is 24.4 Å². The topological polar surface area (TPSA) is 24.9 Å². The maximum absolute atomic E-state index is 4.39. The molecule has 1 N–H and O–H groups in total. The Morgan fingerprint density at radius 1 is 1.42 bits per heavy atom. The first-order valence-electron chi connectivity index (χ1n) is 4.27. The fourth-order valence-electron chi connectivity index (χ4n) is 0.840. The van der Waals surface area contributed by atoms with Crippen molar-refractivity contribution >= 4 is 16.5 Å². The van der Waals surface area contributed by atoms with Gasteiger partial charge in [0.05, 0.1) is 5.69 Å². The maximum atomic E-state index is 4.39. The van der Waals surface area contributed by atoms with Crippen LogP contribution in [0.5, 0.6) is 0 Å². The molecule has 2 nitrogen and oxygen atoms in total. The standard InChI is InChI=1S/C9H16N2S/c1-6(2)5-10-9-11-7(3)8(4)12-9/h6H,5H2,1-4H3,(H,10,11). The van der Waals surface area contributed by atoms with Crippen LogP contribution in [0.25, 0.3) is 0 Å². The third kappa shape index (κ3) is 2.48. The van der Waals surface area contributed by atoms with Crippen LogP contribution in [-0.2, 0) is 0 Å². The lowest BCUT2D eigenvalue weighted by Crippen LogP contribution is -2.07. The van der Waals surface area contributed by atoms with Crippen molar-refractivity contribution in [1.82, 2.24) is 4.98 Å². The quantitative estimate of drug-likeness (QED) is 0.781. The van der Waals surface area contributed by atoms with Gasteiger partial charge in [0, 0.05) is 11.4 Å². The van der Waals surface area contributed by atoms with Crippen molar-refractivity contribution in [3.8, 4) is 0 Å². The summed E-state index contributed by atoms with van der Waals surface area (Å²) in [5, 5.41) is 4.37. The Bertz CT molecular complexity index is 234. The van der Waals surface area contributed by atoms with Crippen LogP contribution >= 0.6 is 11.3 Å². The van der Waals surface area contributed by atoms with E-state index in [9.17, 15) is 0 Å². The van der Waals surface area contributed by atoms with E-state index in [1.807, 2.05) is 6.92 Å².